The van der Waals surface area contributed by atoms with Gasteiger partial charge in [0.1, 0.15) is 17.0 Å². The smallest absolute Gasteiger partial charge is 0.198 e. The average Bonchev–Trinajstić information content (AvgIpc) is 2.96. The fraction of sp³-hybridized carbons (Fsp3) is 0.348. The molecule has 2 heterocycles. The molecule has 2 aliphatic rings. The van der Waals surface area contributed by atoms with Crippen molar-refractivity contribution in [1.82, 2.24) is 0 Å². The van der Waals surface area contributed by atoms with E-state index in [1.807, 2.05) is 56.3 Å². The first-order chi connectivity index (χ1) is 12.8. The van der Waals surface area contributed by atoms with Gasteiger partial charge in [-0.25, -0.2) is 0 Å². The maximum absolute atomic E-state index is 13.3. The number of carbonyl (C=O) groups is 1. The fourth-order valence-corrected chi connectivity index (χ4v) is 4.35. The quantitative estimate of drug-likeness (QED) is 0.735. The van der Waals surface area contributed by atoms with Crippen LogP contribution in [-0.2, 0) is 16.0 Å². The molecule has 4 heteroatoms. The van der Waals surface area contributed by atoms with E-state index in [4.69, 9.17) is 16.3 Å². The number of carbonyl (C=O) groups excluding carboxylic acids is 1. The van der Waals surface area contributed by atoms with Crippen molar-refractivity contribution in [2.45, 2.75) is 51.2 Å². The number of ketones is 1. The van der Waals surface area contributed by atoms with Crippen LogP contribution in [0.3, 0.4) is 0 Å². The summed E-state index contributed by atoms with van der Waals surface area (Å²) < 4.78 is 5.98. The van der Waals surface area contributed by atoms with Crippen LogP contribution in [-0.4, -0.2) is 22.1 Å². The van der Waals surface area contributed by atoms with Crippen molar-refractivity contribution in [3.8, 4) is 11.1 Å². The third-order valence-corrected chi connectivity index (χ3v) is 6.16. The maximum Gasteiger partial charge on any atom is 0.198 e. The van der Waals surface area contributed by atoms with E-state index in [9.17, 15) is 9.90 Å². The molecular weight excluding hydrogens is 360 g/mol. The van der Waals surface area contributed by atoms with Gasteiger partial charge < -0.3 is 9.84 Å². The summed E-state index contributed by atoms with van der Waals surface area (Å²) in [6, 6.07) is 13.7. The lowest BCUT2D eigenvalue weighted by Gasteiger charge is -2.36. The molecule has 2 bridgehead atoms. The monoisotopic (exact) mass is 382 g/mol. The van der Waals surface area contributed by atoms with Gasteiger partial charge >= 0.3 is 0 Å². The second kappa shape index (κ2) is 6.22. The summed E-state index contributed by atoms with van der Waals surface area (Å²) in [7, 11) is 0. The van der Waals surface area contributed by atoms with E-state index in [0.717, 1.165) is 28.7 Å². The lowest BCUT2D eigenvalue weighted by atomic mass is 9.83. The van der Waals surface area contributed by atoms with Crippen LogP contribution in [0.15, 0.2) is 48.2 Å². The average molecular weight is 383 g/mol. The van der Waals surface area contributed by atoms with Crippen molar-refractivity contribution in [3.05, 3.63) is 64.4 Å². The molecule has 1 N–H and O–H groups in total. The van der Waals surface area contributed by atoms with Crippen LogP contribution in [0.5, 0.6) is 0 Å². The number of halogens is 1. The first kappa shape index (κ1) is 18.3. The molecule has 1 saturated heterocycles. The minimum Gasteiger partial charge on any atom is -0.508 e. The predicted molar refractivity (Wildman–Crippen MR) is 108 cm³/mol. The molecule has 0 aromatic heterocycles. The summed E-state index contributed by atoms with van der Waals surface area (Å²) in [5.41, 5.74) is 2.60. The third-order valence-electron chi connectivity index (χ3n) is 5.91. The van der Waals surface area contributed by atoms with Crippen LogP contribution in [0, 0.1) is 0 Å². The molecule has 2 aromatic carbocycles. The van der Waals surface area contributed by atoms with Crippen LogP contribution in [0.25, 0.3) is 16.7 Å². The lowest BCUT2D eigenvalue weighted by molar-refractivity contribution is -0.146. The summed E-state index contributed by atoms with van der Waals surface area (Å²) in [6.07, 6.45) is 2.03. The van der Waals surface area contributed by atoms with Gasteiger partial charge in [-0.1, -0.05) is 42.8 Å². The highest BCUT2D eigenvalue weighted by Crippen LogP contribution is 2.50. The zero-order chi connectivity index (χ0) is 19.4. The third kappa shape index (κ3) is 2.81. The van der Waals surface area contributed by atoms with E-state index in [1.54, 1.807) is 0 Å². The van der Waals surface area contributed by atoms with Crippen molar-refractivity contribution >= 4 is 23.0 Å². The Labute approximate surface area is 164 Å². The number of Topliss-reactive ketones (excluding diaryl/α,β-unsaturated/α-hetero) is 1. The highest BCUT2D eigenvalue weighted by molar-refractivity contribution is 6.30. The number of aliphatic hydroxyl groups is 1. The minimum atomic E-state index is -0.863. The molecule has 1 fully saturated rings. The lowest BCUT2D eigenvalue weighted by Crippen LogP contribution is -2.45. The topological polar surface area (TPSA) is 46.5 Å². The Bertz CT molecular complexity index is 960. The van der Waals surface area contributed by atoms with Gasteiger partial charge in [-0.3, -0.25) is 4.79 Å². The Morgan fingerprint density at radius 1 is 1.04 bits per heavy atom. The molecular formula is C23H23ClO3. The Hall–Kier alpha value is -2.10. The number of benzene rings is 2. The van der Waals surface area contributed by atoms with E-state index < -0.39 is 11.2 Å². The molecule has 140 valence electrons. The minimum absolute atomic E-state index is 0.0606. The molecule has 2 atom stereocenters. The van der Waals surface area contributed by atoms with E-state index in [0.29, 0.717) is 23.4 Å². The Morgan fingerprint density at radius 3 is 2.33 bits per heavy atom. The molecule has 0 amide bonds. The first-order valence-electron chi connectivity index (χ1n) is 9.35. The number of fused-ring (bicyclic) bond motifs is 2. The van der Waals surface area contributed by atoms with Gasteiger partial charge in [-0.2, -0.15) is 0 Å². The van der Waals surface area contributed by atoms with Gasteiger partial charge in [0.15, 0.2) is 5.78 Å². The van der Waals surface area contributed by atoms with Gasteiger partial charge in [-0.15, -0.1) is 0 Å². The Balaban J connectivity index is 1.91. The van der Waals surface area contributed by atoms with Crippen LogP contribution in [0.2, 0.25) is 5.02 Å². The van der Waals surface area contributed by atoms with Crippen molar-refractivity contribution in [1.29, 1.82) is 0 Å². The van der Waals surface area contributed by atoms with Gasteiger partial charge in [-0.05, 0) is 73.6 Å². The molecule has 0 radical (unpaired) electrons. The summed E-state index contributed by atoms with van der Waals surface area (Å²) in [6.45, 7) is 5.76. The Kier molecular flexibility index (Phi) is 4.21. The van der Waals surface area contributed by atoms with Gasteiger partial charge in [0, 0.05) is 5.02 Å². The van der Waals surface area contributed by atoms with Crippen LogP contribution >= 0.6 is 11.6 Å². The number of ether oxygens (including phenoxy) is 1. The molecule has 2 aromatic rings. The highest BCUT2D eigenvalue weighted by atomic mass is 35.5. The summed E-state index contributed by atoms with van der Waals surface area (Å²) in [5.74, 6) is -0.0663. The standard InChI is InChI=1S/C23H23ClO3/c1-4-14-5-6-16(15-7-9-17(24)10-8-15)13-18(14)19-20(25)22(2)11-12-23(3,27-22)21(19)26/h5-10,13,25H,4,11-12H2,1-3H3/t22-,23+/m1/s1. The van der Waals surface area contributed by atoms with Crippen LogP contribution in [0.1, 0.15) is 44.7 Å². The Morgan fingerprint density at radius 2 is 1.67 bits per heavy atom. The molecule has 0 aliphatic carbocycles. The van der Waals surface area contributed by atoms with Crippen LogP contribution < -0.4 is 0 Å². The van der Waals surface area contributed by atoms with E-state index in [-0.39, 0.29) is 11.5 Å². The normalized spacial score (nSPS) is 27.3. The fourth-order valence-electron chi connectivity index (χ4n) is 4.23. The largest absolute Gasteiger partial charge is 0.508 e. The van der Waals surface area contributed by atoms with Crippen LogP contribution in [0.4, 0.5) is 0 Å². The molecule has 0 saturated carbocycles. The van der Waals surface area contributed by atoms with Gasteiger partial charge in [0.2, 0.25) is 0 Å². The molecule has 2 aliphatic heterocycles. The maximum atomic E-state index is 13.3. The van der Waals surface area contributed by atoms with E-state index in [1.165, 1.54) is 0 Å². The molecule has 0 unspecified atom stereocenters. The van der Waals surface area contributed by atoms with Crippen molar-refractivity contribution in [3.63, 3.8) is 0 Å². The van der Waals surface area contributed by atoms with E-state index in [2.05, 4.69) is 6.92 Å². The van der Waals surface area contributed by atoms with Crippen molar-refractivity contribution < 1.29 is 14.6 Å². The highest BCUT2D eigenvalue weighted by Gasteiger charge is 2.57. The zero-order valence-electron chi connectivity index (χ0n) is 15.8. The number of hydrogen-bond donors (Lipinski definition) is 1. The molecule has 4 rings (SSSR count). The number of aliphatic hydroxyl groups excluding tert-OH is 1. The van der Waals surface area contributed by atoms with Gasteiger partial charge in [0.05, 0.1) is 5.57 Å². The molecule has 3 nitrogen and oxygen atoms in total. The SMILES string of the molecule is CCc1ccc(-c2ccc(Cl)cc2)cc1C1=C(O)[C@@]2(C)CC[C@](C)(O2)C1=O. The van der Waals surface area contributed by atoms with Crippen molar-refractivity contribution in [2.75, 3.05) is 0 Å². The number of hydrogen-bond acceptors (Lipinski definition) is 3. The van der Waals surface area contributed by atoms with E-state index >= 15 is 0 Å². The molecule has 27 heavy (non-hydrogen) atoms. The first-order valence-corrected chi connectivity index (χ1v) is 9.73. The molecule has 0 spiro atoms. The predicted octanol–water partition coefficient (Wildman–Crippen LogP) is 5.75. The second-order valence-corrected chi connectivity index (χ2v) is 8.29. The summed E-state index contributed by atoms with van der Waals surface area (Å²) >= 11 is 6.01. The van der Waals surface area contributed by atoms with Crippen molar-refractivity contribution in [2.24, 2.45) is 0 Å². The zero-order valence-corrected chi connectivity index (χ0v) is 16.6. The summed E-state index contributed by atoms with van der Waals surface area (Å²) in [4.78, 5) is 13.3. The number of aryl methyl sites for hydroxylation is 1. The summed E-state index contributed by atoms with van der Waals surface area (Å²) in [5, 5.41) is 11.7. The number of rotatable bonds is 3. The second-order valence-electron chi connectivity index (χ2n) is 7.85. The van der Waals surface area contributed by atoms with Gasteiger partial charge in [0.25, 0.3) is 0 Å².